The van der Waals surface area contributed by atoms with Crippen molar-refractivity contribution in [3.05, 3.63) is 0 Å². The summed E-state index contributed by atoms with van der Waals surface area (Å²) in [7, 11) is 0. The fraction of sp³-hybridized carbons (Fsp3) is 0.909. The number of nitrogens with one attached hydrogen (secondary N) is 1. The highest BCUT2D eigenvalue weighted by molar-refractivity contribution is 5.75. The second kappa shape index (κ2) is 6.76. The van der Waals surface area contributed by atoms with E-state index >= 15 is 0 Å². The molecular weight excluding hydrogens is 274 g/mol. The number of ether oxygens (including phenoxy) is 1. The lowest BCUT2D eigenvalue weighted by molar-refractivity contribution is -0.295. The predicted octanol–water partition coefficient (Wildman–Crippen LogP) is -3.40. The zero-order chi connectivity index (χ0) is 15.5. The van der Waals surface area contributed by atoms with Crippen molar-refractivity contribution < 1.29 is 40.2 Å². The number of hydrogen-bond donors (Lipinski definition) is 7. The van der Waals surface area contributed by atoms with Crippen LogP contribution in [0.2, 0.25) is 0 Å². The molecule has 0 amide bonds. The molecule has 9 heteroatoms. The van der Waals surface area contributed by atoms with Crippen LogP contribution in [0.5, 0.6) is 0 Å². The summed E-state index contributed by atoms with van der Waals surface area (Å²) in [5.41, 5.74) is 0. The third-order valence-corrected chi connectivity index (χ3v) is 3.28. The number of likely N-dealkylation sites (N-methyl/N-ethyl adjacent to an activating group) is 1. The normalized spacial score (nSPS) is 37.4. The van der Waals surface area contributed by atoms with Crippen LogP contribution >= 0.6 is 0 Å². The van der Waals surface area contributed by atoms with E-state index in [-0.39, 0.29) is 0 Å². The monoisotopic (exact) mass is 295 g/mol. The van der Waals surface area contributed by atoms with E-state index in [1.54, 1.807) is 6.92 Å². The number of aliphatic hydroxyl groups is 5. The molecule has 0 aromatic heterocycles. The first-order valence-electron chi connectivity index (χ1n) is 6.28. The van der Waals surface area contributed by atoms with Crippen LogP contribution in [-0.2, 0) is 9.53 Å². The number of hydrogen-bond acceptors (Lipinski definition) is 8. The van der Waals surface area contributed by atoms with Crippen molar-refractivity contribution in [3.63, 3.8) is 0 Å². The van der Waals surface area contributed by atoms with Crippen molar-refractivity contribution in [1.29, 1.82) is 0 Å². The lowest BCUT2D eigenvalue weighted by Crippen LogP contribution is -2.66. The Bertz CT molecular complexity index is 340. The van der Waals surface area contributed by atoms with Gasteiger partial charge in [-0.05, 0) is 6.54 Å². The van der Waals surface area contributed by atoms with Crippen LogP contribution in [0.3, 0.4) is 0 Å². The van der Waals surface area contributed by atoms with Crippen LogP contribution in [0.15, 0.2) is 0 Å². The Morgan fingerprint density at radius 3 is 2.55 bits per heavy atom. The summed E-state index contributed by atoms with van der Waals surface area (Å²) in [5.74, 6) is -4.37. The number of carbonyl (C=O) groups is 1. The summed E-state index contributed by atoms with van der Waals surface area (Å²) in [6.45, 7) is 1.33. The molecule has 7 N–H and O–H groups in total. The summed E-state index contributed by atoms with van der Waals surface area (Å²) >= 11 is 0. The van der Waals surface area contributed by atoms with Crippen LogP contribution < -0.4 is 5.32 Å². The smallest absolute Gasteiger partial charge is 0.364 e. The van der Waals surface area contributed by atoms with Crippen LogP contribution in [0.25, 0.3) is 0 Å². The highest BCUT2D eigenvalue weighted by atomic mass is 16.7. The molecule has 0 spiro atoms. The lowest BCUT2D eigenvalue weighted by Gasteiger charge is -2.44. The van der Waals surface area contributed by atoms with Crippen molar-refractivity contribution in [2.45, 2.75) is 49.6 Å². The van der Waals surface area contributed by atoms with Crippen LogP contribution in [0.4, 0.5) is 0 Å². The minimum Gasteiger partial charge on any atom is -0.477 e. The van der Waals surface area contributed by atoms with Gasteiger partial charge in [0.1, 0.15) is 18.3 Å². The Kier molecular flexibility index (Phi) is 5.83. The molecule has 1 rings (SSSR count). The Balaban J connectivity index is 3.00. The summed E-state index contributed by atoms with van der Waals surface area (Å²) in [6.07, 6.45) is -6.56. The van der Waals surface area contributed by atoms with E-state index in [0.29, 0.717) is 6.54 Å². The van der Waals surface area contributed by atoms with E-state index in [0.717, 1.165) is 0 Å². The topological polar surface area (TPSA) is 160 Å². The summed E-state index contributed by atoms with van der Waals surface area (Å²) < 4.78 is 4.97. The molecule has 0 aromatic carbocycles. The molecule has 0 aromatic rings. The first-order valence-corrected chi connectivity index (χ1v) is 6.28. The molecule has 1 fully saturated rings. The van der Waals surface area contributed by atoms with Gasteiger partial charge in [-0.25, -0.2) is 4.79 Å². The van der Waals surface area contributed by atoms with Gasteiger partial charge in [0.25, 0.3) is 5.79 Å². The van der Waals surface area contributed by atoms with Crippen LogP contribution in [-0.4, -0.2) is 86.0 Å². The number of rotatable bonds is 6. The van der Waals surface area contributed by atoms with Gasteiger partial charge in [-0.1, -0.05) is 6.92 Å². The van der Waals surface area contributed by atoms with Gasteiger partial charge in [0.05, 0.1) is 18.8 Å². The minimum absolute atomic E-state index is 0.384. The fourth-order valence-electron chi connectivity index (χ4n) is 2.21. The van der Waals surface area contributed by atoms with Crippen LogP contribution in [0.1, 0.15) is 13.3 Å². The van der Waals surface area contributed by atoms with Gasteiger partial charge < -0.3 is 40.7 Å². The van der Waals surface area contributed by atoms with Crippen molar-refractivity contribution in [1.82, 2.24) is 5.32 Å². The average Bonchev–Trinajstić information content (AvgIpc) is 2.39. The first-order chi connectivity index (χ1) is 9.26. The third-order valence-electron chi connectivity index (χ3n) is 3.28. The van der Waals surface area contributed by atoms with Gasteiger partial charge in [0.2, 0.25) is 0 Å². The minimum atomic E-state index is -2.66. The van der Waals surface area contributed by atoms with Gasteiger partial charge in [0, 0.05) is 6.42 Å². The number of aliphatic hydroxyl groups excluding tert-OH is 4. The maximum Gasteiger partial charge on any atom is 0.364 e. The van der Waals surface area contributed by atoms with Gasteiger partial charge in [-0.2, -0.15) is 0 Å². The molecular formula is C11H21NO8. The second-order valence-electron chi connectivity index (χ2n) is 4.77. The highest BCUT2D eigenvalue weighted by Gasteiger charge is 2.53. The molecule has 0 radical (unpaired) electrons. The summed E-state index contributed by atoms with van der Waals surface area (Å²) in [4.78, 5) is 11.0. The average molecular weight is 295 g/mol. The molecule has 0 bridgehead atoms. The summed E-state index contributed by atoms with van der Waals surface area (Å²) in [6, 6.07) is -0.893. The van der Waals surface area contributed by atoms with E-state index < -0.39 is 55.2 Å². The first kappa shape index (κ1) is 17.2. The largest absolute Gasteiger partial charge is 0.477 e. The molecule has 9 nitrogen and oxygen atoms in total. The molecule has 20 heavy (non-hydrogen) atoms. The second-order valence-corrected chi connectivity index (χ2v) is 4.77. The van der Waals surface area contributed by atoms with Gasteiger partial charge in [-0.15, -0.1) is 0 Å². The number of carboxylic acid groups (broad SMARTS) is 1. The summed E-state index contributed by atoms with van der Waals surface area (Å²) in [5, 5.41) is 59.6. The van der Waals surface area contributed by atoms with Crippen molar-refractivity contribution >= 4 is 5.97 Å². The quantitative estimate of drug-likeness (QED) is 0.265. The van der Waals surface area contributed by atoms with E-state index in [4.69, 9.17) is 14.9 Å². The van der Waals surface area contributed by atoms with Crippen molar-refractivity contribution in [2.75, 3.05) is 13.2 Å². The predicted molar refractivity (Wildman–Crippen MR) is 64.6 cm³/mol. The lowest BCUT2D eigenvalue weighted by atomic mass is 9.88. The number of carboxylic acids is 1. The molecule has 0 saturated carbocycles. The maximum absolute atomic E-state index is 11.0. The van der Waals surface area contributed by atoms with Gasteiger partial charge >= 0.3 is 5.97 Å². The zero-order valence-electron chi connectivity index (χ0n) is 11.0. The van der Waals surface area contributed by atoms with E-state index in [2.05, 4.69) is 5.32 Å². The Labute approximate surface area is 115 Å². The Morgan fingerprint density at radius 2 is 2.10 bits per heavy atom. The highest BCUT2D eigenvalue weighted by Crippen LogP contribution is 2.30. The van der Waals surface area contributed by atoms with Gasteiger partial charge in [-0.3, -0.25) is 0 Å². The fourth-order valence-corrected chi connectivity index (χ4v) is 2.21. The molecule has 1 aliphatic heterocycles. The Hall–Kier alpha value is -0.810. The third kappa shape index (κ3) is 3.44. The SMILES string of the molecule is CCN[C@H]1[C@H]([C@H](O)[C@H](O)CO)OC(O)(C(=O)O)C[C@@H]1O. The Morgan fingerprint density at radius 1 is 1.50 bits per heavy atom. The van der Waals surface area contributed by atoms with Gasteiger partial charge in [0.15, 0.2) is 0 Å². The number of aliphatic carboxylic acids is 1. The van der Waals surface area contributed by atoms with Crippen molar-refractivity contribution in [3.8, 4) is 0 Å². The van der Waals surface area contributed by atoms with E-state index in [1.807, 2.05) is 0 Å². The molecule has 118 valence electrons. The molecule has 1 aliphatic rings. The van der Waals surface area contributed by atoms with Crippen LogP contribution in [0, 0.1) is 0 Å². The molecule has 0 aliphatic carbocycles. The molecule has 1 heterocycles. The molecule has 6 atom stereocenters. The molecule has 1 saturated heterocycles. The van der Waals surface area contributed by atoms with E-state index in [1.165, 1.54) is 0 Å². The standard InChI is InChI=1S/C11H21NO8/c1-2-12-7-5(14)3-11(19,10(17)18)20-9(7)8(16)6(15)4-13/h5-9,12-16,19H,2-4H2,1H3,(H,17,18)/t5-,6+,7+,8+,9+,11?/m0/s1. The van der Waals surface area contributed by atoms with Crippen molar-refractivity contribution in [2.24, 2.45) is 0 Å². The molecule has 1 unspecified atom stereocenters. The zero-order valence-corrected chi connectivity index (χ0v) is 11.0. The van der Waals surface area contributed by atoms with E-state index in [9.17, 15) is 25.2 Å². The maximum atomic E-state index is 11.0.